The fourth-order valence-corrected chi connectivity index (χ4v) is 2.66. The molecule has 2 amide bonds. The molecule has 0 unspecified atom stereocenters. The topological polar surface area (TPSA) is 168 Å². The second-order valence-corrected chi connectivity index (χ2v) is 6.43. The molecule has 2 rings (SSSR count). The van der Waals surface area contributed by atoms with Gasteiger partial charge in [0.15, 0.2) is 0 Å². The molecule has 2 atom stereocenters. The molecule has 0 saturated carbocycles. The molecule has 0 heterocycles. The number of para-hydroxylation sites is 1. The Bertz CT molecular complexity index is 935. The molecule has 0 radical (unpaired) electrons. The van der Waals surface area contributed by atoms with Crippen molar-refractivity contribution in [1.29, 1.82) is 0 Å². The van der Waals surface area contributed by atoms with Gasteiger partial charge in [0.1, 0.15) is 18.7 Å². The number of alkyl carbamates (subject to hydrolysis) is 1. The summed E-state index contributed by atoms with van der Waals surface area (Å²) in [5.74, 6) is -2.42. The zero-order valence-electron chi connectivity index (χ0n) is 16.3. The molecule has 4 N–H and O–H groups in total. The molecule has 0 aliphatic heterocycles. The number of carboxylic acid groups (broad SMARTS) is 1. The van der Waals surface area contributed by atoms with E-state index >= 15 is 0 Å². The summed E-state index contributed by atoms with van der Waals surface area (Å²) in [6, 6.07) is 11.3. The second-order valence-electron chi connectivity index (χ2n) is 6.43. The third kappa shape index (κ3) is 7.08. The Hall–Kier alpha value is -3.99. The number of ether oxygens (including phenoxy) is 1. The van der Waals surface area contributed by atoms with Crippen molar-refractivity contribution in [1.82, 2.24) is 10.6 Å². The van der Waals surface area contributed by atoms with Crippen molar-refractivity contribution in [2.24, 2.45) is 0 Å². The van der Waals surface area contributed by atoms with Crippen LogP contribution in [-0.4, -0.2) is 51.8 Å². The highest BCUT2D eigenvalue weighted by molar-refractivity contribution is 5.89. The standard InChI is InChI=1S/C20H21N3O8/c24-11-16(22-20(28)31-12-13-6-2-1-3-7-13)18(25)21-15(19(26)27)10-14-8-4-5-9-17(14)23(29)30/h1-9,15-16,24H,10-12H2,(H,21,25)(H,22,28)(H,26,27)/t15-,16+/m1/s1. The van der Waals surface area contributed by atoms with Crippen LogP contribution >= 0.6 is 0 Å². The van der Waals surface area contributed by atoms with Gasteiger partial charge in [-0.3, -0.25) is 14.9 Å². The van der Waals surface area contributed by atoms with Gasteiger partial charge in [-0.15, -0.1) is 0 Å². The van der Waals surface area contributed by atoms with E-state index in [0.717, 1.165) is 0 Å². The van der Waals surface area contributed by atoms with E-state index in [2.05, 4.69) is 10.6 Å². The molecule has 0 aliphatic rings. The Morgan fingerprint density at radius 2 is 1.65 bits per heavy atom. The smallest absolute Gasteiger partial charge is 0.408 e. The van der Waals surface area contributed by atoms with Crippen LogP contribution in [-0.2, 0) is 27.4 Å². The van der Waals surface area contributed by atoms with Crippen molar-refractivity contribution in [2.45, 2.75) is 25.1 Å². The number of aliphatic hydroxyl groups is 1. The quantitative estimate of drug-likeness (QED) is 0.319. The van der Waals surface area contributed by atoms with Crippen LogP contribution in [0.4, 0.5) is 10.5 Å². The van der Waals surface area contributed by atoms with E-state index in [1.165, 1.54) is 24.3 Å². The molecule has 2 aromatic carbocycles. The predicted octanol–water partition coefficient (Wildman–Crippen LogP) is 0.994. The van der Waals surface area contributed by atoms with Gasteiger partial charge in [0, 0.05) is 18.1 Å². The summed E-state index contributed by atoms with van der Waals surface area (Å²) >= 11 is 0. The van der Waals surface area contributed by atoms with Gasteiger partial charge in [0.25, 0.3) is 5.69 Å². The minimum atomic E-state index is -1.52. The van der Waals surface area contributed by atoms with Crippen LogP contribution in [0.5, 0.6) is 0 Å². The molecule has 0 saturated heterocycles. The number of hydrogen-bond acceptors (Lipinski definition) is 7. The number of nitrogens with zero attached hydrogens (tertiary/aromatic N) is 1. The largest absolute Gasteiger partial charge is 0.480 e. The molecule has 0 aromatic heterocycles. The maximum Gasteiger partial charge on any atom is 0.408 e. The first-order valence-corrected chi connectivity index (χ1v) is 9.15. The van der Waals surface area contributed by atoms with Crippen LogP contribution in [0.15, 0.2) is 54.6 Å². The van der Waals surface area contributed by atoms with Gasteiger partial charge in [-0.1, -0.05) is 48.5 Å². The Balaban J connectivity index is 1.99. The van der Waals surface area contributed by atoms with Gasteiger partial charge in [0.05, 0.1) is 11.5 Å². The molecule has 0 fully saturated rings. The zero-order valence-corrected chi connectivity index (χ0v) is 16.3. The number of hydrogen-bond donors (Lipinski definition) is 4. The minimum Gasteiger partial charge on any atom is -0.480 e. The number of carbonyl (C=O) groups excluding carboxylic acids is 2. The fraction of sp³-hybridized carbons (Fsp3) is 0.250. The van der Waals surface area contributed by atoms with Crippen LogP contribution in [0.1, 0.15) is 11.1 Å². The highest BCUT2D eigenvalue weighted by Gasteiger charge is 2.28. The van der Waals surface area contributed by atoms with E-state index in [1.807, 2.05) is 0 Å². The first-order chi connectivity index (χ1) is 14.8. The second kappa shape index (κ2) is 11.3. The molecular formula is C20H21N3O8. The van der Waals surface area contributed by atoms with E-state index in [-0.39, 0.29) is 24.3 Å². The normalized spacial score (nSPS) is 12.3. The van der Waals surface area contributed by atoms with E-state index < -0.39 is 41.6 Å². The van der Waals surface area contributed by atoms with Gasteiger partial charge in [-0.05, 0) is 5.56 Å². The van der Waals surface area contributed by atoms with Crippen LogP contribution in [0.25, 0.3) is 0 Å². The van der Waals surface area contributed by atoms with E-state index in [0.29, 0.717) is 5.56 Å². The van der Waals surface area contributed by atoms with Crippen LogP contribution < -0.4 is 10.6 Å². The average Bonchev–Trinajstić information content (AvgIpc) is 2.76. The number of rotatable bonds is 10. The van der Waals surface area contributed by atoms with E-state index in [9.17, 15) is 34.7 Å². The Kier molecular flexibility index (Phi) is 8.46. The third-order valence-electron chi connectivity index (χ3n) is 4.23. The van der Waals surface area contributed by atoms with Gasteiger partial charge in [-0.25, -0.2) is 9.59 Å². The number of carboxylic acids is 1. The molecular weight excluding hydrogens is 410 g/mol. The molecule has 11 nitrogen and oxygen atoms in total. The van der Waals surface area contributed by atoms with Crippen LogP contribution in [0.3, 0.4) is 0 Å². The number of aliphatic hydroxyl groups excluding tert-OH is 1. The SMILES string of the molecule is O=C(N[C@@H](CO)C(=O)N[C@H](Cc1ccccc1[N+](=O)[O-])C(=O)O)OCc1ccccc1. The lowest BCUT2D eigenvalue weighted by molar-refractivity contribution is -0.385. The first kappa shape index (κ1) is 23.3. The number of nitrogens with one attached hydrogen (secondary N) is 2. The summed E-state index contributed by atoms with van der Waals surface area (Å²) in [7, 11) is 0. The monoisotopic (exact) mass is 431 g/mol. The maximum absolute atomic E-state index is 12.4. The third-order valence-corrected chi connectivity index (χ3v) is 4.23. The predicted molar refractivity (Wildman–Crippen MR) is 107 cm³/mol. The fourth-order valence-electron chi connectivity index (χ4n) is 2.66. The molecule has 11 heteroatoms. The molecule has 0 spiro atoms. The van der Waals surface area contributed by atoms with Crippen molar-refractivity contribution < 1.29 is 34.3 Å². The molecule has 164 valence electrons. The van der Waals surface area contributed by atoms with E-state index in [4.69, 9.17) is 4.74 Å². The summed E-state index contributed by atoms with van der Waals surface area (Å²) in [5.41, 5.74) is 0.526. The number of aliphatic carboxylic acids is 1. The van der Waals surface area contributed by atoms with Crippen molar-refractivity contribution in [3.05, 3.63) is 75.8 Å². The molecule has 2 aromatic rings. The lowest BCUT2D eigenvalue weighted by Gasteiger charge is -2.20. The lowest BCUT2D eigenvalue weighted by Crippen LogP contribution is -2.53. The van der Waals surface area contributed by atoms with E-state index in [1.54, 1.807) is 30.3 Å². The van der Waals surface area contributed by atoms with Gasteiger partial charge >= 0.3 is 12.1 Å². The average molecular weight is 431 g/mol. The Morgan fingerprint density at radius 1 is 1.00 bits per heavy atom. The number of nitro groups is 1. The van der Waals surface area contributed by atoms with Crippen LogP contribution in [0, 0.1) is 10.1 Å². The van der Waals surface area contributed by atoms with Crippen molar-refractivity contribution >= 4 is 23.7 Å². The molecule has 0 aliphatic carbocycles. The van der Waals surface area contributed by atoms with Crippen molar-refractivity contribution in [3.8, 4) is 0 Å². The number of amides is 2. The Labute approximate surface area is 176 Å². The number of benzene rings is 2. The zero-order chi connectivity index (χ0) is 22.8. The number of carbonyl (C=O) groups is 3. The minimum absolute atomic E-state index is 0.0676. The molecule has 31 heavy (non-hydrogen) atoms. The van der Waals surface area contributed by atoms with Gasteiger partial charge in [0.2, 0.25) is 5.91 Å². The van der Waals surface area contributed by atoms with Gasteiger partial charge < -0.3 is 25.6 Å². The lowest BCUT2D eigenvalue weighted by atomic mass is 10.0. The Morgan fingerprint density at radius 3 is 2.26 bits per heavy atom. The maximum atomic E-state index is 12.4. The summed E-state index contributed by atoms with van der Waals surface area (Å²) in [5, 5.41) is 34.3. The van der Waals surface area contributed by atoms with Crippen LogP contribution in [0.2, 0.25) is 0 Å². The number of nitro benzene ring substituents is 1. The highest BCUT2D eigenvalue weighted by Crippen LogP contribution is 2.19. The highest BCUT2D eigenvalue weighted by atomic mass is 16.6. The summed E-state index contributed by atoms with van der Waals surface area (Å²) in [6.45, 7) is -0.883. The summed E-state index contributed by atoms with van der Waals surface area (Å²) < 4.78 is 4.97. The van der Waals surface area contributed by atoms with Crippen molar-refractivity contribution in [3.63, 3.8) is 0 Å². The summed E-state index contributed by atoms with van der Waals surface area (Å²) in [4.78, 5) is 46.3. The van der Waals surface area contributed by atoms with Crippen molar-refractivity contribution in [2.75, 3.05) is 6.61 Å². The van der Waals surface area contributed by atoms with Gasteiger partial charge in [-0.2, -0.15) is 0 Å². The molecule has 0 bridgehead atoms. The summed E-state index contributed by atoms with van der Waals surface area (Å²) in [6.07, 6.45) is -1.35. The first-order valence-electron chi connectivity index (χ1n) is 9.15.